The van der Waals surface area contributed by atoms with Crippen molar-refractivity contribution < 1.29 is 22.7 Å². The lowest BCUT2D eigenvalue weighted by molar-refractivity contribution is 0.252. The molecule has 0 bridgehead atoms. The van der Waals surface area contributed by atoms with E-state index in [0.29, 0.717) is 27.9 Å². The Morgan fingerprint density at radius 3 is 2.14 bits per heavy atom. The van der Waals surface area contributed by atoms with Gasteiger partial charge in [-0.25, -0.2) is 8.78 Å². The highest BCUT2D eigenvalue weighted by atomic mass is 32.2. The summed E-state index contributed by atoms with van der Waals surface area (Å²) in [4.78, 5) is 0.428. The fourth-order valence-electron chi connectivity index (χ4n) is 1.68. The third kappa shape index (κ3) is 4.29. The molecule has 0 heterocycles. The third-order valence-corrected chi connectivity index (χ3v) is 3.38. The quantitative estimate of drug-likeness (QED) is 0.624. The minimum absolute atomic E-state index is 0.134. The third-order valence-electron chi connectivity index (χ3n) is 2.65. The van der Waals surface area contributed by atoms with Crippen LogP contribution in [0.25, 0.3) is 0 Å². The number of hydrogen-bond donors (Lipinski definition) is 2. The van der Waals surface area contributed by atoms with E-state index in [1.165, 1.54) is 12.1 Å². The zero-order valence-electron chi connectivity index (χ0n) is 10.6. The number of benzene rings is 2. The van der Waals surface area contributed by atoms with E-state index in [2.05, 4.69) is 5.32 Å². The zero-order valence-corrected chi connectivity index (χ0v) is 11.4. The summed E-state index contributed by atoms with van der Waals surface area (Å²) in [5, 5.41) is 11.9. The molecule has 0 fully saturated rings. The lowest BCUT2D eigenvalue weighted by atomic mass is 10.2. The lowest BCUT2D eigenvalue weighted by Crippen LogP contribution is -2.00. The first-order chi connectivity index (χ1) is 9.95. The van der Waals surface area contributed by atoms with Crippen LogP contribution in [0.5, 0.6) is 5.75 Å². The molecule has 2 nitrogen and oxygen atoms in total. The highest BCUT2D eigenvalue weighted by molar-refractivity contribution is 7.99. The summed E-state index contributed by atoms with van der Waals surface area (Å²) in [5.74, 6) is -5.55. The van der Waals surface area contributed by atoms with Gasteiger partial charge in [-0.3, -0.25) is 0 Å². The number of phenolic OH excluding ortho intramolecular Hbond substituents is 1. The molecule has 2 N–H and O–H groups in total. The Morgan fingerprint density at radius 2 is 1.62 bits per heavy atom. The van der Waals surface area contributed by atoms with Gasteiger partial charge < -0.3 is 10.4 Å². The molecule has 0 saturated carbocycles. The molecule has 0 unspecified atom stereocenters. The fraction of sp³-hybridized carbons (Fsp3) is 0.143. The molecule has 2 aromatic carbocycles. The molecule has 0 aromatic heterocycles. The van der Waals surface area contributed by atoms with Gasteiger partial charge in [0.15, 0.2) is 17.4 Å². The van der Waals surface area contributed by atoms with Crippen molar-refractivity contribution in [1.82, 2.24) is 0 Å². The van der Waals surface area contributed by atoms with Crippen molar-refractivity contribution in [2.24, 2.45) is 0 Å². The first-order valence-corrected chi connectivity index (χ1v) is 6.79. The van der Waals surface area contributed by atoms with E-state index >= 15 is 0 Å². The number of halogens is 4. The van der Waals surface area contributed by atoms with Gasteiger partial charge in [-0.2, -0.15) is 8.78 Å². The summed E-state index contributed by atoms with van der Waals surface area (Å²) < 4.78 is 50.6. The average molecular weight is 317 g/mol. The summed E-state index contributed by atoms with van der Waals surface area (Å²) >= 11 is 0.439. The van der Waals surface area contributed by atoms with Crippen LogP contribution in [0.4, 0.5) is 23.2 Å². The van der Waals surface area contributed by atoms with Crippen LogP contribution in [0, 0.1) is 11.6 Å². The van der Waals surface area contributed by atoms with Gasteiger partial charge >= 0.3 is 0 Å². The molecular weight excluding hydrogens is 306 g/mol. The molecule has 2 aromatic rings. The summed E-state index contributed by atoms with van der Waals surface area (Å²) in [5.41, 5.74) is 0.941. The van der Waals surface area contributed by atoms with Crippen LogP contribution in [-0.4, -0.2) is 10.9 Å². The maximum atomic E-state index is 13.1. The molecule has 0 aliphatic heterocycles. The molecule has 0 radical (unpaired) electrons. The van der Waals surface area contributed by atoms with Gasteiger partial charge in [0.1, 0.15) is 0 Å². The number of thioether (sulfide) groups is 1. The van der Waals surface area contributed by atoms with Gasteiger partial charge in [-0.1, -0.05) is 11.8 Å². The predicted octanol–water partition coefficient (Wildman–Crippen LogP) is 4.60. The van der Waals surface area contributed by atoms with Crippen LogP contribution in [0.2, 0.25) is 0 Å². The summed E-state index contributed by atoms with van der Waals surface area (Å²) in [6, 6.07) is 8.28. The second-order valence-corrected chi connectivity index (χ2v) is 5.23. The highest BCUT2D eigenvalue weighted by Gasteiger charge is 2.09. The van der Waals surface area contributed by atoms with E-state index in [1.54, 1.807) is 12.1 Å². The minimum atomic E-state index is -2.48. The van der Waals surface area contributed by atoms with Crippen molar-refractivity contribution >= 4 is 17.4 Å². The largest absolute Gasteiger partial charge is 0.503 e. The Bertz CT molecular complexity index is 596. The van der Waals surface area contributed by atoms with E-state index in [4.69, 9.17) is 5.11 Å². The summed E-state index contributed by atoms with van der Waals surface area (Å²) in [6.07, 6.45) is 0. The van der Waals surface area contributed by atoms with Gasteiger partial charge in [0.25, 0.3) is 5.76 Å². The normalized spacial score (nSPS) is 10.9. The van der Waals surface area contributed by atoms with Gasteiger partial charge in [0.05, 0.1) is 0 Å². The Balaban J connectivity index is 2.00. The van der Waals surface area contributed by atoms with Crippen LogP contribution in [0.3, 0.4) is 0 Å². The number of rotatable bonds is 5. The first kappa shape index (κ1) is 15.5. The van der Waals surface area contributed by atoms with Gasteiger partial charge in [-0.05, 0) is 42.0 Å². The Morgan fingerprint density at radius 1 is 1.05 bits per heavy atom. The molecule has 7 heteroatoms. The number of phenols is 1. The number of nitrogens with one attached hydrogen (secondary N) is 1. The van der Waals surface area contributed by atoms with Crippen LogP contribution < -0.4 is 5.32 Å². The van der Waals surface area contributed by atoms with Crippen LogP contribution in [-0.2, 0) is 6.54 Å². The number of aromatic hydroxyl groups is 1. The SMILES string of the molecule is Oc1c(F)cc(CNc2ccc(SC(F)F)cc2)cc1F. The van der Waals surface area contributed by atoms with Gasteiger partial charge in [0, 0.05) is 17.1 Å². The minimum Gasteiger partial charge on any atom is -0.503 e. The van der Waals surface area contributed by atoms with E-state index in [-0.39, 0.29) is 6.54 Å². The molecule has 0 aliphatic rings. The first-order valence-electron chi connectivity index (χ1n) is 5.91. The standard InChI is InChI=1S/C14H11F4NOS/c15-11-5-8(6-12(16)13(11)20)7-19-9-1-3-10(4-2-9)21-14(17)18/h1-6,14,19-20H,7H2. The summed E-state index contributed by atoms with van der Waals surface area (Å²) in [7, 11) is 0. The van der Waals surface area contributed by atoms with Crippen LogP contribution >= 0.6 is 11.8 Å². The van der Waals surface area contributed by atoms with E-state index in [0.717, 1.165) is 12.1 Å². The molecule has 0 amide bonds. The van der Waals surface area contributed by atoms with Crippen molar-refractivity contribution in [2.75, 3.05) is 5.32 Å². The molecule has 112 valence electrons. The van der Waals surface area contributed by atoms with Crippen molar-refractivity contribution in [2.45, 2.75) is 17.2 Å². The molecule has 21 heavy (non-hydrogen) atoms. The summed E-state index contributed by atoms with van der Waals surface area (Å²) in [6.45, 7) is 0.134. The highest BCUT2D eigenvalue weighted by Crippen LogP contribution is 2.26. The molecular formula is C14H11F4NOS. The Labute approximate surface area is 122 Å². The van der Waals surface area contributed by atoms with Gasteiger partial charge in [-0.15, -0.1) is 0 Å². The topological polar surface area (TPSA) is 32.3 Å². The van der Waals surface area contributed by atoms with Crippen molar-refractivity contribution in [3.63, 3.8) is 0 Å². The number of anilines is 1. The second kappa shape index (κ2) is 6.71. The Hall–Kier alpha value is -1.89. The molecule has 0 aliphatic carbocycles. The fourth-order valence-corrected chi connectivity index (χ4v) is 2.18. The molecule has 0 spiro atoms. The van der Waals surface area contributed by atoms with Crippen molar-refractivity contribution in [1.29, 1.82) is 0 Å². The average Bonchev–Trinajstić information content (AvgIpc) is 2.43. The number of hydrogen-bond acceptors (Lipinski definition) is 3. The molecule has 0 saturated heterocycles. The van der Waals surface area contributed by atoms with E-state index in [1.807, 2.05) is 0 Å². The van der Waals surface area contributed by atoms with E-state index < -0.39 is 23.1 Å². The second-order valence-electron chi connectivity index (χ2n) is 4.16. The monoisotopic (exact) mass is 317 g/mol. The van der Waals surface area contributed by atoms with Gasteiger partial charge in [0.2, 0.25) is 0 Å². The van der Waals surface area contributed by atoms with Crippen LogP contribution in [0.1, 0.15) is 5.56 Å². The lowest BCUT2D eigenvalue weighted by Gasteiger charge is -2.08. The Kier molecular flexibility index (Phi) is 4.95. The zero-order chi connectivity index (χ0) is 15.4. The van der Waals surface area contributed by atoms with Crippen molar-refractivity contribution in [3.05, 3.63) is 53.6 Å². The van der Waals surface area contributed by atoms with E-state index in [9.17, 15) is 17.6 Å². The maximum absolute atomic E-state index is 13.1. The maximum Gasteiger partial charge on any atom is 0.288 e. The molecule has 0 atom stereocenters. The number of alkyl halides is 2. The predicted molar refractivity (Wildman–Crippen MR) is 73.7 cm³/mol. The smallest absolute Gasteiger partial charge is 0.288 e. The van der Waals surface area contributed by atoms with Crippen LogP contribution in [0.15, 0.2) is 41.3 Å². The molecule has 2 rings (SSSR count). The van der Waals surface area contributed by atoms with Crippen molar-refractivity contribution in [3.8, 4) is 5.75 Å².